The summed E-state index contributed by atoms with van der Waals surface area (Å²) in [5, 5.41) is 12.3. The molecule has 2 N–H and O–H groups in total. The zero-order valence-corrected chi connectivity index (χ0v) is 12.4. The molecule has 1 aliphatic carbocycles. The summed E-state index contributed by atoms with van der Waals surface area (Å²) < 4.78 is 0. The molecular weight excluding hydrogens is 256 g/mol. The average Bonchev–Trinajstić information content (AvgIpc) is 2.89. The number of aliphatic carboxylic acids is 1. The Kier molecular flexibility index (Phi) is 5.02. The molecule has 5 nitrogen and oxygen atoms in total. The van der Waals surface area contributed by atoms with Gasteiger partial charge in [0.2, 0.25) is 5.91 Å². The second kappa shape index (κ2) is 6.57. The van der Waals surface area contributed by atoms with E-state index in [0.29, 0.717) is 25.2 Å². The third-order valence-electron chi connectivity index (χ3n) is 4.64. The number of carbonyl (C=O) groups excluding carboxylic acids is 1. The van der Waals surface area contributed by atoms with Crippen LogP contribution in [0.5, 0.6) is 0 Å². The van der Waals surface area contributed by atoms with Crippen LogP contribution < -0.4 is 5.32 Å². The Balaban J connectivity index is 1.87. The minimum absolute atomic E-state index is 0.117. The fourth-order valence-corrected chi connectivity index (χ4v) is 3.51. The first kappa shape index (κ1) is 15.3. The molecule has 0 bridgehead atoms. The Morgan fingerprint density at radius 2 is 2.00 bits per heavy atom. The van der Waals surface area contributed by atoms with Crippen LogP contribution >= 0.6 is 0 Å². The number of carboxylic acid groups (broad SMARTS) is 1. The molecule has 0 aromatic carbocycles. The molecule has 1 heterocycles. The van der Waals surface area contributed by atoms with E-state index >= 15 is 0 Å². The molecule has 0 spiro atoms. The first-order chi connectivity index (χ1) is 9.52. The van der Waals surface area contributed by atoms with Crippen LogP contribution in [0, 0.1) is 5.92 Å². The van der Waals surface area contributed by atoms with Gasteiger partial charge in [-0.05, 0) is 44.7 Å². The van der Waals surface area contributed by atoms with E-state index in [1.165, 1.54) is 12.8 Å². The van der Waals surface area contributed by atoms with Crippen LogP contribution in [0.15, 0.2) is 0 Å². The second-order valence-electron chi connectivity index (χ2n) is 6.44. The fourth-order valence-electron chi connectivity index (χ4n) is 3.51. The van der Waals surface area contributed by atoms with Crippen LogP contribution in [0.3, 0.4) is 0 Å². The van der Waals surface area contributed by atoms with Crippen molar-refractivity contribution in [1.29, 1.82) is 0 Å². The average molecular weight is 282 g/mol. The third-order valence-corrected chi connectivity index (χ3v) is 4.64. The number of likely N-dealkylation sites (tertiary alicyclic amines) is 1. The summed E-state index contributed by atoms with van der Waals surface area (Å²) >= 11 is 0. The van der Waals surface area contributed by atoms with E-state index in [-0.39, 0.29) is 5.91 Å². The molecule has 1 aliphatic heterocycles. The zero-order valence-electron chi connectivity index (χ0n) is 12.4. The topological polar surface area (TPSA) is 69.6 Å². The van der Waals surface area contributed by atoms with Gasteiger partial charge in [-0.1, -0.05) is 19.8 Å². The maximum absolute atomic E-state index is 12.1. The predicted octanol–water partition coefficient (Wildman–Crippen LogP) is 1.62. The van der Waals surface area contributed by atoms with Gasteiger partial charge >= 0.3 is 5.97 Å². The number of carboxylic acids is 1. The fraction of sp³-hybridized carbons (Fsp3) is 0.867. The molecule has 0 aromatic heterocycles. The van der Waals surface area contributed by atoms with Crippen molar-refractivity contribution in [2.45, 2.75) is 57.4 Å². The monoisotopic (exact) mass is 282 g/mol. The Hall–Kier alpha value is -1.10. The molecule has 5 heteroatoms. The SMILES string of the molecule is CC1CCCC(NC(=O)CCN2CCCC2)(C(=O)O)C1. The van der Waals surface area contributed by atoms with Crippen molar-refractivity contribution < 1.29 is 14.7 Å². The van der Waals surface area contributed by atoms with Gasteiger partial charge in [-0.15, -0.1) is 0 Å². The highest BCUT2D eigenvalue weighted by molar-refractivity contribution is 5.87. The minimum atomic E-state index is -1.03. The largest absolute Gasteiger partial charge is 0.480 e. The quantitative estimate of drug-likeness (QED) is 0.804. The van der Waals surface area contributed by atoms with Gasteiger partial charge in [0.25, 0.3) is 0 Å². The van der Waals surface area contributed by atoms with Gasteiger partial charge in [0.15, 0.2) is 0 Å². The molecule has 0 radical (unpaired) electrons. The summed E-state index contributed by atoms with van der Waals surface area (Å²) in [6.45, 7) is 4.94. The van der Waals surface area contributed by atoms with Gasteiger partial charge in [-0.3, -0.25) is 4.79 Å². The third kappa shape index (κ3) is 3.72. The lowest BCUT2D eigenvalue weighted by atomic mass is 9.76. The first-order valence-corrected chi connectivity index (χ1v) is 7.79. The highest BCUT2D eigenvalue weighted by atomic mass is 16.4. The number of hydrogen-bond donors (Lipinski definition) is 2. The van der Waals surface area contributed by atoms with Crippen molar-refractivity contribution in [2.75, 3.05) is 19.6 Å². The van der Waals surface area contributed by atoms with Crippen molar-refractivity contribution in [1.82, 2.24) is 10.2 Å². The standard InChI is InChI=1S/C15H26N2O3/c1-12-5-4-7-15(11-12,14(19)20)16-13(18)6-10-17-8-2-3-9-17/h12H,2-11H2,1H3,(H,16,18)(H,19,20). The van der Waals surface area contributed by atoms with E-state index < -0.39 is 11.5 Å². The van der Waals surface area contributed by atoms with Crippen molar-refractivity contribution >= 4 is 11.9 Å². The van der Waals surface area contributed by atoms with Crippen LogP contribution in [-0.4, -0.2) is 47.1 Å². The molecule has 2 unspecified atom stereocenters. The van der Waals surface area contributed by atoms with Crippen molar-refractivity contribution in [3.8, 4) is 0 Å². The predicted molar refractivity (Wildman–Crippen MR) is 76.4 cm³/mol. The molecule has 20 heavy (non-hydrogen) atoms. The number of nitrogens with one attached hydrogen (secondary N) is 1. The summed E-state index contributed by atoms with van der Waals surface area (Å²) in [5.74, 6) is -0.634. The number of carbonyl (C=O) groups is 2. The number of rotatable bonds is 5. The summed E-state index contributed by atoms with van der Waals surface area (Å²) in [6, 6.07) is 0. The Morgan fingerprint density at radius 1 is 1.30 bits per heavy atom. The minimum Gasteiger partial charge on any atom is -0.480 e. The van der Waals surface area contributed by atoms with Gasteiger partial charge in [-0.25, -0.2) is 4.79 Å². The van der Waals surface area contributed by atoms with Gasteiger partial charge in [0.05, 0.1) is 0 Å². The zero-order chi connectivity index (χ0) is 14.6. The maximum Gasteiger partial charge on any atom is 0.329 e. The molecule has 1 saturated carbocycles. The van der Waals surface area contributed by atoms with E-state index in [1.807, 2.05) is 0 Å². The lowest BCUT2D eigenvalue weighted by molar-refractivity contribution is -0.150. The van der Waals surface area contributed by atoms with E-state index in [1.54, 1.807) is 0 Å². The van der Waals surface area contributed by atoms with Crippen molar-refractivity contribution in [3.63, 3.8) is 0 Å². The van der Waals surface area contributed by atoms with E-state index in [2.05, 4.69) is 17.1 Å². The number of hydrogen-bond acceptors (Lipinski definition) is 3. The van der Waals surface area contributed by atoms with Crippen LogP contribution in [0.4, 0.5) is 0 Å². The van der Waals surface area contributed by atoms with E-state index in [0.717, 1.165) is 32.5 Å². The smallest absolute Gasteiger partial charge is 0.329 e. The van der Waals surface area contributed by atoms with Crippen LogP contribution in [0.25, 0.3) is 0 Å². The molecule has 1 amide bonds. The summed E-state index contributed by atoms with van der Waals surface area (Å²) in [7, 11) is 0. The summed E-state index contributed by atoms with van der Waals surface area (Å²) in [4.78, 5) is 26.0. The molecule has 114 valence electrons. The highest BCUT2D eigenvalue weighted by Gasteiger charge is 2.43. The van der Waals surface area contributed by atoms with Gasteiger partial charge in [0, 0.05) is 13.0 Å². The van der Waals surface area contributed by atoms with Crippen molar-refractivity contribution in [2.24, 2.45) is 5.92 Å². The molecule has 2 fully saturated rings. The lowest BCUT2D eigenvalue weighted by Gasteiger charge is -2.37. The normalized spacial score (nSPS) is 31.1. The highest BCUT2D eigenvalue weighted by Crippen LogP contribution is 2.32. The van der Waals surface area contributed by atoms with Gasteiger partial charge in [0.1, 0.15) is 5.54 Å². The van der Waals surface area contributed by atoms with Gasteiger partial charge < -0.3 is 15.3 Å². The molecule has 1 saturated heterocycles. The molecule has 2 aliphatic rings. The van der Waals surface area contributed by atoms with E-state index in [4.69, 9.17) is 0 Å². The first-order valence-electron chi connectivity index (χ1n) is 7.79. The van der Waals surface area contributed by atoms with Crippen molar-refractivity contribution in [3.05, 3.63) is 0 Å². The molecule has 0 aromatic rings. The molecular formula is C15H26N2O3. The number of amides is 1. The number of nitrogens with zero attached hydrogens (tertiary/aromatic N) is 1. The Labute approximate surface area is 120 Å². The second-order valence-corrected chi connectivity index (χ2v) is 6.44. The van der Waals surface area contributed by atoms with Crippen LogP contribution in [0.2, 0.25) is 0 Å². The Bertz CT molecular complexity index is 366. The Morgan fingerprint density at radius 3 is 2.60 bits per heavy atom. The molecule has 2 atom stereocenters. The summed E-state index contributed by atoms with van der Waals surface area (Å²) in [6.07, 6.45) is 5.86. The van der Waals surface area contributed by atoms with Crippen LogP contribution in [-0.2, 0) is 9.59 Å². The molecule has 2 rings (SSSR count). The maximum atomic E-state index is 12.1. The summed E-state index contributed by atoms with van der Waals surface area (Å²) in [5.41, 5.74) is -1.03. The van der Waals surface area contributed by atoms with Gasteiger partial charge in [-0.2, -0.15) is 0 Å². The van der Waals surface area contributed by atoms with Crippen LogP contribution in [0.1, 0.15) is 51.9 Å². The van der Waals surface area contributed by atoms with E-state index in [9.17, 15) is 14.7 Å². The lowest BCUT2D eigenvalue weighted by Crippen LogP contribution is -2.57.